The van der Waals surface area contributed by atoms with Crippen LogP contribution in [0, 0.1) is 5.41 Å². The second kappa shape index (κ2) is 8.71. The van der Waals surface area contributed by atoms with Crippen molar-refractivity contribution in [3.63, 3.8) is 0 Å². The van der Waals surface area contributed by atoms with Gasteiger partial charge in [-0.2, -0.15) is 0 Å². The van der Waals surface area contributed by atoms with Crippen LogP contribution in [-0.4, -0.2) is 57.8 Å². The third kappa shape index (κ3) is 4.59. The molecule has 3 rings (SSSR count). The molecule has 2 amide bonds. The Hall–Kier alpha value is -2.12. The van der Waals surface area contributed by atoms with Crippen molar-refractivity contribution in [2.75, 3.05) is 44.8 Å². The molecule has 7 heteroatoms. The standard InChI is InChI=1S/C20H29N3O4/c1-15-19(25)23(16-5-3-4-6-17(16)27-15)12-7-18(24)22-13-20(14-26-2)8-10-21-11-9-20/h3-6,15,21H,7-14H2,1-2H3,(H,22,24). The summed E-state index contributed by atoms with van der Waals surface area (Å²) in [7, 11) is 1.70. The monoisotopic (exact) mass is 375 g/mol. The summed E-state index contributed by atoms with van der Waals surface area (Å²) in [6, 6.07) is 7.43. The molecule has 0 saturated carbocycles. The van der Waals surface area contributed by atoms with E-state index in [1.54, 1.807) is 18.9 Å². The SMILES string of the molecule is COCC1(CNC(=O)CCN2C(=O)C(C)Oc3ccccc32)CCNCC1. The van der Waals surface area contributed by atoms with E-state index in [0.717, 1.165) is 31.6 Å². The molecule has 0 aliphatic carbocycles. The summed E-state index contributed by atoms with van der Waals surface area (Å²) < 4.78 is 11.0. The zero-order valence-corrected chi connectivity index (χ0v) is 16.1. The van der Waals surface area contributed by atoms with E-state index >= 15 is 0 Å². The minimum absolute atomic E-state index is 0.00838. The van der Waals surface area contributed by atoms with E-state index in [0.29, 0.717) is 25.4 Å². The first-order valence-corrected chi connectivity index (χ1v) is 9.58. The van der Waals surface area contributed by atoms with Crippen LogP contribution in [0.1, 0.15) is 26.2 Å². The van der Waals surface area contributed by atoms with Crippen molar-refractivity contribution in [2.24, 2.45) is 5.41 Å². The first-order valence-electron chi connectivity index (χ1n) is 9.58. The number of methoxy groups -OCH3 is 1. The number of nitrogens with zero attached hydrogens (tertiary/aromatic N) is 1. The molecule has 1 unspecified atom stereocenters. The van der Waals surface area contributed by atoms with Gasteiger partial charge in [0.1, 0.15) is 5.75 Å². The Kier molecular flexibility index (Phi) is 6.34. The van der Waals surface area contributed by atoms with E-state index in [9.17, 15) is 9.59 Å². The Morgan fingerprint density at radius 2 is 2.11 bits per heavy atom. The van der Waals surface area contributed by atoms with Gasteiger partial charge < -0.3 is 25.0 Å². The third-order valence-corrected chi connectivity index (χ3v) is 5.41. The van der Waals surface area contributed by atoms with E-state index < -0.39 is 6.10 Å². The predicted molar refractivity (Wildman–Crippen MR) is 103 cm³/mol. The highest BCUT2D eigenvalue weighted by molar-refractivity contribution is 6.00. The number of hydrogen-bond acceptors (Lipinski definition) is 5. The molecule has 2 heterocycles. The van der Waals surface area contributed by atoms with Gasteiger partial charge in [0.05, 0.1) is 12.3 Å². The molecule has 27 heavy (non-hydrogen) atoms. The van der Waals surface area contributed by atoms with Crippen LogP contribution in [-0.2, 0) is 14.3 Å². The largest absolute Gasteiger partial charge is 0.479 e. The van der Waals surface area contributed by atoms with Gasteiger partial charge in [-0.25, -0.2) is 0 Å². The molecule has 1 atom stereocenters. The average molecular weight is 375 g/mol. The zero-order chi connectivity index (χ0) is 19.3. The minimum atomic E-state index is -0.539. The maximum atomic E-state index is 12.5. The summed E-state index contributed by atoms with van der Waals surface area (Å²) in [5.74, 6) is 0.517. The quantitative estimate of drug-likeness (QED) is 0.751. The molecule has 0 radical (unpaired) electrons. The van der Waals surface area contributed by atoms with Crippen molar-refractivity contribution in [1.82, 2.24) is 10.6 Å². The summed E-state index contributed by atoms with van der Waals surface area (Å²) in [6.45, 7) is 5.20. The summed E-state index contributed by atoms with van der Waals surface area (Å²) in [6.07, 6.45) is 1.68. The Morgan fingerprint density at radius 1 is 1.37 bits per heavy atom. The number of benzene rings is 1. The lowest BCUT2D eigenvalue weighted by molar-refractivity contribution is -0.125. The fourth-order valence-corrected chi connectivity index (χ4v) is 3.81. The number of anilines is 1. The number of carbonyl (C=O) groups is 2. The maximum Gasteiger partial charge on any atom is 0.267 e. The molecule has 1 fully saturated rings. The van der Waals surface area contributed by atoms with Gasteiger partial charge in [0.15, 0.2) is 6.10 Å². The van der Waals surface area contributed by atoms with Crippen molar-refractivity contribution in [1.29, 1.82) is 0 Å². The van der Waals surface area contributed by atoms with Crippen LogP contribution in [0.2, 0.25) is 0 Å². The number of fused-ring (bicyclic) bond motifs is 1. The topological polar surface area (TPSA) is 79.9 Å². The highest BCUT2D eigenvalue weighted by Crippen LogP contribution is 2.33. The summed E-state index contributed by atoms with van der Waals surface area (Å²) in [4.78, 5) is 26.6. The van der Waals surface area contributed by atoms with Gasteiger partial charge in [-0.15, -0.1) is 0 Å². The van der Waals surface area contributed by atoms with Crippen molar-refractivity contribution in [2.45, 2.75) is 32.3 Å². The van der Waals surface area contributed by atoms with E-state index in [1.807, 2.05) is 24.3 Å². The first kappa shape index (κ1) is 19.6. The van der Waals surface area contributed by atoms with Crippen LogP contribution in [0.15, 0.2) is 24.3 Å². The lowest BCUT2D eigenvalue weighted by Crippen LogP contribution is -2.48. The molecular weight excluding hydrogens is 346 g/mol. The second-order valence-electron chi connectivity index (χ2n) is 7.43. The van der Waals surface area contributed by atoms with Gasteiger partial charge in [-0.1, -0.05) is 12.1 Å². The van der Waals surface area contributed by atoms with Crippen LogP contribution in [0.25, 0.3) is 0 Å². The van der Waals surface area contributed by atoms with Gasteiger partial charge in [0.25, 0.3) is 5.91 Å². The van der Waals surface area contributed by atoms with E-state index in [4.69, 9.17) is 9.47 Å². The van der Waals surface area contributed by atoms with Gasteiger partial charge in [0.2, 0.25) is 5.91 Å². The molecule has 0 spiro atoms. The number of nitrogens with one attached hydrogen (secondary N) is 2. The molecular formula is C20H29N3O4. The Morgan fingerprint density at radius 3 is 2.85 bits per heavy atom. The fraction of sp³-hybridized carbons (Fsp3) is 0.600. The Balaban J connectivity index is 1.56. The number of para-hydroxylation sites is 2. The zero-order valence-electron chi connectivity index (χ0n) is 16.1. The van der Waals surface area contributed by atoms with Crippen molar-refractivity contribution >= 4 is 17.5 Å². The van der Waals surface area contributed by atoms with E-state index in [1.165, 1.54) is 0 Å². The number of ether oxygens (including phenoxy) is 2. The summed E-state index contributed by atoms with van der Waals surface area (Å²) in [5, 5.41) is 6.40. The Bertz CT molecular complexity index is 667. The van der Waals surface area contributed by atoms with Crippen LogP contribution < -0.4 is 20.3 Å². The van der Waals surface area contributed by atoms with Crippen LogP contribution in [0.5, 0.6) is 5.75 Å². The normalized spacial score (nSPS) is 21.3. The molecule has 0 aromatic heterocycles. The lowest BCUT2D eigenvalue weighted by atomic mass is 9.79. The third-order valence-electron chi connectivity index (χ3n) is 5.41. The molecule has 1 saturated heterocycles. The highest BCUT2D eigenvalue weighted by Gasteiger charge is 2.33. The molecule has 2 aliphatic heterocycles. The van der Waals surface area contributed by atoms with Crippen molar-refractivity contribution < 1.29 is 19.1 Å². The fourth-order valence-electron chi connectivity index (χ4n) is 3.81. The number of piperidine rings is 1. The molecule has 2 aliphatic rings. The van der Waals surface area contributed by atoms with Gasteiger partial charge >= 0.3 is 0 Å². The molecule has 148 valence electrons. The minimum Gasteiger partial charge on any atom is -0.479 e. The first-order chi connectivity index (χ1) is 13.0. The summed E-state index contributed by atoms with van der Waals surface area (Å²) in [5.41, 5.74) is 0.716. The van der Waals surface area contributed by atoms with Crippen molar-refractivity contribution in [3.8, 4) is 5.75 Å². The number of rotatable bonds is 7. The van der Waals surface area contributed by atoms with Gasteiger partial charge in [-0.3, -0.25) is 9.59 Å². The molecule has 7 nitrogen and oxygen atoms in total. The van der Waals surface area contributed by atoms with Gasteiger partial charge in [0, 0.05) is 32.0 Å². The molecule has 0 bridgehead atoms. The van der Waals surface area contributed by atoms with Crippen LogP contribution >= 0.6 is 0 Å². The van der Waals surface area contributed by atoms with E-state index in [-0.39, 0.29) is 23.7 Å². The van der Waals surface area contributed by atoms with Gasteiger partial charge in [-0.05, 0) is 45.0 Å². The second-order valence-corrected chi connectivity index (χ2v) is 7.43. The smallest absolute Gasteiger partial charge is 0.267 e. The number of hydrogen-bond donors (Lipinski definition) is 2. The molecule has 1 aromatic rings. The predicted octanol–water partition coefficient (Wildman–Crippen LogP) is 1.32. The van der Waals surface area contributed by atoms with Crippen LogP contribution in [0.3, 0.4) is 0 Å². The molecule has 2 N–H and O–H groups in total. The van der Waals surface area contributed by atoms with Crippen LogP contribution in [0.4, 0.5) is 5.69 Å². The average Bonchev–Trinajstić information content (AvgIpc) is 2.68. The summed E-state index contributed by atoms with van der Waals surface area (Å²) >= 11 is 0. The van der Waals surface area contributed by atoms with Crippen molar-refractivity contribution in [3.05, 3.63) is 24.3 Å². The number of amides is 2. The lowest BCUT2D eigenvalue weighted by Gasteiger charge is -2.37. The maximum absolute atomic E-state index is 12.5. The molecule has 1 aromatic carbocycles. The highest BCUT2D eigenvalue weighted by atomic mass is 16.5. The number of carbonyl (C=O) groups excluding carboxylic acids is 2. The van der Waals surface area contributed by atoms with E-state index in [2.05, 4.69) is 10.6 Å². The Labute approximate surface area is 160 Å².